The quantitative estimate of drug-likeness (QED) is 0.743. The number of carbonyl (C=O) groups excluding carboxylic acids is 2. The summed E-state index contributed by atoms with van der Waals surface area (Å²) in [4.78, 5) is 26.4. The van der Waals surface area contributed by atoms with Crippen LogP contribution in [-0.2, 0) is 11.2 Å². The normalized spacial score (nSPS) is 16.0. The number of ether oxygens (including phenoxy) is 1. The van der Waals surface area contributed by atoms with Gasteiger partial charge in [0.2, 0.25) is 5.91 Å². The number of hydrogen-bond acceptors (Lipinski definition) is 4. The third kappa shape index (κ3) is 5.06. The number of nitrogens with one attached hydrogen (secondary N) is 1. The molecule has 1 fully saturated rings. The second-order valence-corrected chi connectivity index (χ2v) is 6.44. The third-order valence-corrected chi connectivity index (χ3v) is 4.57. The van der Waals surface area contributed by atoms with Crippen LogP contribution in [0.3, 0.4) is 0 Å². The van der Waals surface area contributed by atoms with E-state index in [-0.39, 0.29) is 24.2 Å². The van der Waals surface area contributed by atoms with E-state index in [4.69, 9.17) is 4.74 Å². The second-order valence-electron chi connectivity index (χ2n) is 6.44. The van der Waals surface area contributed by atoms with Crippen molar-refractivity contribution in [1.82, 2.24) is 10.2 Å². The number of rotatable bonds is 8. The molecule has 0 radical (unpaired) electrons. The molecule has 1 heterocycles. The highest BCUT2D eigenvalue weighted by molar-refractivity contribution is 5.94. The van der Waals surface area contributed by atoms with Gasteiger partial charge in [-0.05, 0) is 57.5 Å². The molecular weight excluding hydrogens is 304 g/mol. The van der Waals surface area contributed by atoms with Gasteiger partial charge >= 0.3 is 0 Å². The van der Waals surface area contributed by atoms with Gasteiger partial charge < -0.3 is 15.0 Å². The van der Waals surface area contributed by atoms with Gasteiger partial charge in [-0.3, -0.25) is 9.59 Å². The van der Waals surface area contributed by atoms with Gasteiger partial charge in [0.1, 0.15) is 5.75 Å². The van der Waals surface area contributed by atoms with E-state index >= 15 is 0 Å². The number of hydrogen-bond donors (Lipinski definition) is 1. The lowest BCUT2D eigenvalue weighted by Gasteiger charge is -2.23. The summed E-state index contributed by atoms with van der Waals surface area (Å²) in [6.45, 7) is 6.78. The summed E-state index contributed by atoms with van der Waals surface area (Å²) >= 11 is 0. The van der Waals surface area contributed by atoms with Crippen molar-refractivity contribution in [2.75, 3.05) is 26.7 Å². The molecule has 0 unspecified atom stereocenters. The summed E-state index contributed by atoms with van der Waals surface area (Å²) in [7, 11) is 1.58. The van der Waals surface area contributed by atoms with Crippen LogP contribution in [0.15, 0.2) is 18.2 Å². The minimum atomic E-state index is -0.0277. The van der Waals surface area contributed by atoms with Crippen LogP contribution < -0.4 is 10.1 Å². The van der Waals surface area contributed by atoms with E-state index in [0.717, 1.165) is 31.6 Å². The van der Waals surface area contributed by atoms with Gasteiger partial charge in [0.15, 0.2) is 5.78 Å². The first-order valence-electron chi connectivity index (χ1n) is 8.73. The molecule has 1 N–H and O–H groups in total. The maximum atomic E-state index is 12.4. The van der Waals surface area contributed by atoms with Crippen molar-refractivity contribution in [2.24, 2.45) is 0 Å². The van der Waals surface area contributed by atoms with Crippen LogP contribution in [0.5, 0.6) is 5.75 Å². The van der Waals surface area contributed by atoms with Crippen molar-refractivity contribution < 1.29 is 14.3 Å². The lowest BCUT2D eigenvalue weighted by Crippen LogP contribution is -2.43. The zero-order chi connectivity index (χ0) is 17.5. The predicted octanol–water partition coefficient (Wildman–Crippen LogP) is 2.43. The Morgan fingerprint density at radius 1 is 1.29 bits per heavy atom. The first kappa shape index (κ1) is 18.5. The van der Waals surface area contributed by atoms with Crippen LogP contribution in [0.25, 0.3) is 0 Å². The predicted molar refractivity (Wildman–Crippen MR) is 94.6 cm³/mol. The van der Waals surface area contributed by atoms with Crippen molar-refractivity contribution in [2.45, 2.75) is 45.6 Å². The Bertz CT molecular complexity index is 580. The highest BCUT2D eigenvalue weighted by atomic mass is 16.5. The van der Waals surface area contributed by atoms with Gasteiger partial charge in [-0.25, -0.2) is 0 Å². The maximum Gasteiger partial charge on any atom is 0.224 e. The van der Waals surface area contributed by atoms with Crippen LogP contribution >= 0.6 is 0 Å². The number of amides is 1. The maximum absolute atomic E-state index is 12.4. The van der Waals surface area contributed by atoms with E-state index in [2.05, 4.69) is 17.1 Å². The molecular formula is C19H28N2O3. The first-order chi connectivity index (χ1) is 11.5. The van der Waals surface area contributed by atoms with Crippen LogP contribution in [0.2, 0.25) is 0 Å². The van der Waals surface area contributed by atoms with Crippen molar-refractivity contribution >= 4 is 11.7 Å². The molecule has 5 heteroatoms. The number of methoxy groups -OCH3 is 1. The molecule has 0 aliphatic carbocycles. The van der Waals surface area contributed by atoms with Gasteiger partial charge in [-0.15, -0.1) is 0 Å². The standard InChI is InChI=1S/C19H28N2O3/c1-4-17(13-21-9-5-6-10-21)20-19(23)12-16-11-15(14(2)22)7-8-18(16)24-3/h7-8,11,17H,4-6,9-10,12-13H2,1-3H3,(H,20,23)/t17-/m1/s1. The molecule has 0 bridgehead atoms. The Labute approximate surface area is 144 Å². The molecule has 1 amide bonds. The van der Waals surface area contributed by atoms with Crippen LogP contribution in [-0.4, -0.2) is 49.4 Å². The summed E-state index contributed by atoms with van der Waals surface area (Å²) in [5.41, 5.74) is 1.35. The first-order valence-corrected chi connectivity index (χ1v) is 8.73. The summed E-state index contributed by atoms with van der Waals surface area (Å²) < 4.78 is 5.32. The number of carbonyl (C=O) groups is 2. The fourth-order valence-electron chi connectivity index (χ4n) is 3.14. The highest BCUT2D eigenvalue weighted by Crippen LogP contribution is 2.21. The third-order valence-electron chi connectivity index (χ3n) is 4.57. The number of likely N-dealkylation sites (tertiary alicyclic amines) is 1. The summed E-state index contributed by atoms with van der Waals surface area (Å²) in [6.07, 6.45) is 3.63. The molecule has 24 heavy (non-hydrogen) atoms. The Morgan fingerprint density at radius 3 is 2.58 bits per heavy atom. The lowest BCUT2D eigenvalue weighted by atomic mass is 10.0. The summed E-state index contributed by atoms with van der Waals surface area (Å²) in [6, 6.07) is 5.39. The van der Waals surface area contributed by atoms with Crippen LogP contribution in [0.4, 0.5) is 0 Å². The Balaban J connectivity index is 1.99. The van der Waals surface area contributed by atoms with E-state index in [1.165, 1.54) is 19.8 Å². The number of benzene rings is 1. The monoisotopic (exact) mass is 332 g/mol. The molecule has 2 rings (SSSR count). The van der Waals surface area contributed by atoms with Crippen molar-refractivity contribution in [3.05, 3.63) is 29.3 Å². The molecule has 1 aromatic carbocycles. The minimum absolute atomic E-state index is 0.0141. The smallest absolute Gasteiger partial charge is 0.224 e. The van der Waals surface area contributed by atoms with Crippen LogP contribution in [0.1, 0.15) is 49.0 Å². The van der Waals surface area contributed by atoms with E-state index in [9.17, 15) is 9.59 Å². The molecule has 5 nitrogen and oxygen atoms in total. The zero-order valence-electron chi connectivity index (χ0n) is 14.9. The molecule has 1 aliphatic rings. The van der Waals surface area contributed by atoms with Gasteiger partial charge in [-0.2, -0.15) is 0 Å². The molecule has 1 saturated heterocycles. The SMILES string of the molecule is CC[C@H](CN1CCCC1)NC(=O)Cc1cc(C(C)=O)ccc1OC. The van der Waals surface area contributed by atoms with E-state index in [0.29, 0.717) is 11.3 Å². The topological polar surface area (TPSA) is 58.6 Å². The number of Topliss-reactive ketones (excluding diaryl/α,β-unsaturated/α-hetero) is 1. The fraction of sp³-hybridized carbons (Fsp3) is 0.579. The number of ketones is 1. The average molecular weight is 332 g/mol. The molecule has 1 atom stereocenters. The summed E-state index contributed by atoms with van der Waals surface area (Å²) in [5, 5.41) is 3.12. The second kappa shape index (κ2) is 8.83. The average Bonchev–Trinajstić information content (AvgIpc) is 3.07. The highest BCUT2D eigenvalue weighted by Gasteiger charge is 2.19. The van der Waals surface area contributed by atoms with Crippen molar-refractivity contribution in [1.29, 1.82) is 0 Å². The van der Waals surface area contributed by atoms with Gasteiger partial charge in [0.25, 0.3) is 0 Å². The van der Waals surface area contributed by atoms with Gasteiger partial charge in [0.05, 0.1) is 13.5 Å². The molecule has 132 valence electrons. The molecule has 1 aromatic rings. The van der Waals surface area contributed by atoms with Crippen LogP contribution in [0, 0.1) is 0 Å². The minimum Gasteiger partial charge on any atom is -0.496 e. The Morgan fingerprint density at radius 2 is 2.00 bits per heavy atom. The molecule has 0 aromatic heterocycles. The lowest BCUT2D eigenvalue weighted by molar-refractivity contribution is -0.121. The van der Waals surface area contributed by atoms with Crippen molar-refractivity contribution in [3.8, 4) is 5.75 Å². The van der Waals surface area contributed by atoms with Gasteiger partial charge in [-0.1, -0.05) is 6.92 Å². The summed E-state index contributed by atoms with van der Waals surface area (Å²) in [5.74, 6) is 0.600. The fourth-order valence-corrected chi connectivity index (χ4v) is 3.14. The Hall–Kier alpha value is -1.88. The molecule has 0 spiro atoms. The largest absolute Gasteiger partial charge is 0.496 e. The zero-order valence-corrected chi connectivity index (χ0v) is 14.9. The van der Waals surface area contributed by atoms with E-state index in [1.54, 1.807) is 25.3 Å². The van der Waals surface area contributed by atoms with E-state index in [1.807, 2.05) is 0 Å². The van der Waals surface area contributed by atoms with Crippen molar-refractivity contribution in [3.63, 3.8) is 0 Å². The van der Waals surface area contributed by atoms with E-state index < -0.39 is 0 Å². The number of nitrogens with zero attached hydrogens (tertiary/aromatic N) is 1. The molecule has 1 aliphatic heterocycles. The Kier molecular flexibility index (Phi) is 6.79. The van der Waals surface area contributed by atoms with Gasteiger partial charge in [0, 0.05) is 23.7 Å². The molecule has 0 saturated carbocycles.